The minimum Gasteiger partial charge on any atom is -0.456 e. The third kappa shape index (κ3) is 47.1. The Morgan fingerprint density at radius 2 is 0.970 bits per heavy atom. The summed E-state index contributed by atoms with van der Waals surface area (Å²) >= 11 is 0. The van der Waals surface area contributed by atoms with Crippen LogP contribution in [-0.2, 0) is 27.9 Å². The van der Waals surface area contributed by atoms with Gasteiger partial charge in [0.15, 0.2) is 0 Å². The first-order chi connectivity index (χ1) is 31.9. The monoisotopic (exact) mass is 950 g/mol. The summed E-state index contributed by atoms with van der Waals surface area (Å²) in [7, 11) is 1.48. The number of nitrogens with one attached hydrogen (secondary N) is 1. The second kappa shape index (κ2) is 46.7. The number of carbonyl (C=O) groups is 2. The van der Waals surface area contributed by atoms with E-state index in [9.17, 15) is 19.0 Å². The van der Waals surface area contributed by atoms with Gasteiger partial charge in [-0.05, 0) is 83.1 Å². The molecule has 0 aromatic heterocycles. The molecule has 386 valence electrons. The molecule has 0 bridgehead atoms. The first kappa shape index (κ1) is 64.0. The molecule has 1 amide bonds. The smallest absolute Gasteiger partial charge is 0.456 e. The molecule has 10 heteroatoms. The van der Waals surface area contributed by atoms with Crippen LogP contribution in [0.15, 0.2) is 48.6 Å². The van der Waals surface area contributed by atoms with Crippen molar-refractivity contribution in [2.45, 2.75) is 258 Å². The number of unbranched alkanes of at least 4 members (excludes halogenated alkanes) is 27. The van der Waals surface area contributed by atoms with Gasteiger partial charge in [0.05, 0.1) is 33.8 Å². The number of rotatable bonds is 49. The normalized spacial score (nSPS) is 14.2. The molecule has 0 aliphatic rings. The summed E-state index contributed by atoms with van der Waals surface area (Å²) in [5, 5.41) is 3.03. The molecular formula is C56H106N2O7P+. The van der Waals surface area contributed by atoms with Crippen LogP contribution in [0.25, 0.3) is 0 Å². The highest BCUT2D eigenvalue weighted by atomic mass is 31.2. The largest absolute Gasteiger partial charge is 0.472 e. The van der Waals surface area contributed by atoms with Crippen LogP contribution in [0.1, 0.15) is 245 Å². The lowest BCUT2D eigenvalue weighted by molar-refractivity contribution is -0.870. The second-order valence-electron chi connectivity index (χ2n) is 19.7. The molecule has 0 spiro atoms. The molecule has 0 aliphatic heterocycles. The fourth-order valence-corrected chi connectivity index (χ4v) is 8.47. The molecule has 66 heavy (non-hydrogen) atoms. The van der Waals surface area contributed by atoms with Crippen LogP contribution in [0.4, 0.5) is 0 Å². The number of phosphoric ester groups is 1. The number of ether oxygens (including phenoxy) is 1. The van der Waals surface area contributed by atoms with Crippen molar-refractivity contribution < 1.29 is 37.3 Å². The van der Waals surface area contributed by atoms with E-state index in [1.54, 1.807) is 0 Å². The average Bonchev–Trinajstić information content (AvgIpc) is 3.27. The number of hydrogen-bond donors (Lipinski definition) is 2. The Morgan fingerprint density at radius 1 is 0.545 bits per heavy atom. The molecule has 0 heterocycles. The Kier molecular flexibility index (Phi) is 45.3. The van der Waals surface area contributed by atoms with Gasteiger partial charge in [0.25, 0.3) is 0 Å². The van der Waals surface area contributed by atoms with E-state index < -0.39 is 20.0 Å². The number of amides is 1. The molecule has 2 N–H and O–H groups in total. The zero-order valence-electron chi connectivity index (χ0n) is 43.9. The number of esters is 1. The number of likely N-dealkylation sites (N-methyl/N-ethyl adjacent to an activating group) is 1. The van der Waals surface area contributed by atoms with E-state index in [2.05, 4.69) is 62.5 Å². The van der Waals surface area contributed by atoms with Crippen LogP contribution >= 0.6 is 7.82 Å². The Hall–Kier alpha value is -2.03. The van der Waals surface area contributed by atoms with E-state index in [0.29, 0.717) is 17.4 Å². The van der Waals surface area contributed by atoms with E-state index in [0.717, 1.165) is 96.3 Å². The quantitative estimate of drug-likeness (QED) is 0.0205. The van der Waals surface area contributed by atoms with Crippen LogP contribution < -0.4 is 5.32 Å². The van der Waals surface area contributed by atoms with Gasteiger partial charge in [0.2, 0.25) is 5.91 Å². The van der Waals surface area contributed by atoms with Crippen LogP contribution in [0.3, 0.4) is 0 Å². The summed E-state index contributed by atoms with van der Waals surface area (Å²) in [6.07, 6.45) is 55.3. The summed E-state index contributed by atoms with van der Waals surface area (Å²) in [6, 6.07) is -0.856. The van der Waals surface area contributed by atoms with E-state index in [1.807, 2.05) is 33.3 Å². The van der Waals surface area contributed by atoms with Crippen molar-refractivity contribution in [3.63, 3.8) is 0 Å². The lowest BCUT2D eigenvalue weighted by Gasteiger charge is -2.27. The number of allylic oxidation sites excluding steroid dienone is 7. The summed E-state index contributed by atoms with van der Waals surface area (Å²) in [6.45, 7) is 6.88. The molecule has 0 rings (SSSR count). The van der Waals surface area contributed by atoms with Crippen LogP contribution in [0.5, 0.6) is 0 Å². The van der Waals surface area contributed by atoms with Crippen molar-refractivity contribution in [1.29, 1.82) is 0 Å². The Bertz CT molecular complexity index is 1280. The fraction of sp³-hybridized carbons (Fsp3) is 0.821. The Morgan fingerprint density at radius 3 is 1.47 bits per heavy atom. The maximum absolute atomic E-state index is 13.4. The third-order valence-corrected chi connectivity index (χ3v) is 13.0. The number of nitrogens with zero attached hydrogens (tertiary/aromatic N) is 1. The summed E-state index contributed by atoms with van der Waals surface area (Å²) in [5.74, 6) is -0.532. The number of phosphoric acid groups is 1. The standard InChI is InChI=1S/C56H105N2O7P/c1-7-10-13-16-19-22-25-28-30-33-36-39-42-45-48-55(59)57-53(52-64-66(61,62)63-51-50-58(4,5)6)54(47-44-41-38-35-32-27-24-21-18-15-12-9-3)65-56(60)49-46-43-40-37-34-31-29-26-23-20-17-14-11-8-2/h11,14,20,23,30,33,44,47,53-54H,7-10,12-13,15-19,21-22,24-29,31-32,34-43,45-46,48-52H2,1-6H3,(H-,57,59,61,62)/p+1/b14-11+,23-20+,33-30-,47-44+. The van der Waals surface area contributed by atoms with Gasteiger partial charge in [-0.1, -0.05) is 198 Å². The van der Waals surface area contributed by atoms with Crippen LogP contribution in [0.2, 0.25) is 0 Å². The summed E-state index contributed by atoms with van der Waals surface area (Å²) < 4.78 is 30.5. The number of quaternary nitrogens is 1. The average molecular weight is 950 g/mol. The fourth-order valence-electron chi connectivity index (χ4n) is 7.74. The molecule has 3 atom stereocenters. The van der Waals surface area contributed by atoms with E-state index in [4.69, 9.17) is 13.8 Å². The number of hydrogen-bond acceptors (Lipinski definition) is 6. The maximum atomic E-state index is 13.4. The van der Waals surface area contributed by atoms with Crippen molar-refractivity contribution in [3.05, 3.63) is 48.6 Å². The van der Waals surface area contributed by atoms with Crippen molar-refractivity contribution >= 4 is 19.7 Å². The number of carbonyl (C=O) groups excluding carboxylic acids is 2. The second-order valence-corrected chi connectivity index (χ2v) is 21.2. The highest BCUT2D eigenvalue weighted by Gasteiger charge is 2.30. The lowest BCUT2D eigenvalue weighted by Crippen LogP contribution is -2.47. The third-order valence-electron chi connectivity index (χ3n) is 12.0. The zero-order chi connectivity index (χ0) is 48.7. The van der Waals surface area contributed by atoms with Gasteiger partial charge < -0.3 is 19.4 Å². The molecule has 0 aromatic carbocycles. The SMILES string of the molecule is CC/C=C/C/C=C/CCCCCCCCCC(=O)OC(/C=C/CCCCCCCCCCCC)C(COP(=O)(O)OCC[N+](C)(C)C)NC(=O)CCCCC/C=C\CCCCCCCCC. The minimum atomic E-state index is -4.44. The Balaban J connectivity index is 5.42. The zero-order valence-corrected chi connectivity index (χ0v) is 44.8. The molecule has 0 fully saturated rings. The molecule has 3 unspecified atom stereocenters. The lowest BCUT2D eigenvalue weighted by atomic mass is 10.0. The van der Waals surface area contributed by atoms with Gasteiger partial charge in [-0.15, -0.1) is 0 Å². The first-order valence-electron chi connectivity index (χ1n) is 27.5. The van der Waals surface area contributed by atoms with Crippen molar-refractivity contribution in [2.24, 2.45) is 0 Å². The van der Waals surface area contributed by atoms with Gasteiger partial charge >= 0.3 is 13.8 Å². The van der Waals surface area contributed by atoms with Crippen LogP contribution in [0, 0.1) is 0 Å². The van der Waals surface area contributed by atoms with Gasteiger partial charge in [-0.25, -0.2) is 4.57 Å². The minimum absolute atomic E-state index is 0.0360. The van der Waals surface area contributed by atoms with Gasteiger partial charge in [-0.3, -0.25) is 18.6 Å². The van der Waals surface area contributed by atoms with Gasteiger partial charge in [0.1, 0.15) is 19.3 Å². The predicted molar refractivity (Wildman–Crippen MR) is 282 cm³/mol. The maximum Gasteiger partial charge on any atom is 0.472 e. The first-order valence-corrected chi connectivity index (χ1v) is 29.0. The van der Waals surface area contributed by atoms with Crippen molar-refractivity contribution in [3.8, 4) is 0 Å². The highest BCUT2D eigenvalue weighted by Crippen LogP contribution is 2.43. The van der Waals surface area contributed by atoms with Crippen molar-refractivity contribution in [2.75, 3.05) is 40.9 Å². The van der Waals surface area contributed by atoms with Gasteiger partial charge in [0, 0.05) is 12.8 Å². The summed E-state index contributed by atoms with van der Waals surface area (Å²) in [4.78, 5) is 37.5. The molecule has 9 nitrogen and oxygen atoms in total. The van der Waals surface area contributed by atoms with Crippen molar-refractivity contribution in [1.82, 2.24) is 5.32 Å². The molecule has 0 aromatic rings. The van der Waals surface area contributed by atoms with E-state index in [1.165, 1.54) is 116 Å². The highest BCUT2D eigenvalue weighted by molar-refractivity contribution is 7.47. The topological polar surface area (TPSA) is 111 Å². The van der Waals surface area contributed by atoms with E-state index in [-0.39, 0.29) is 31.5 Å². The Labute approximate surface area is 408 Å². The predicted octanol–water partition coefficient (Wildman–Crippen LogP) is 16.2. The molecular weight excluding hydrogens is 844 g/mol. The van der Waals surface area contributed by atoms with Gasteiger partial charge in [-0.2, -0.15) is 0 Å². The molecule has 0 saturated carbocycles. The molecule has 0 radical (unpaired) electrons. The van der Waals surface area contributed by atoms with E-state index >= 15 is 0 Å². The molecule has 0 aliphatic carbocycles. The van der Waals surface area contributed by atoms with Crippen LogP contribution in [-0.4, -0.2) is 74.3 Å². The summed E-state index contributed by atoms with van der Waals surface area (Å²) in [5.41, 5.74) is 0. The molecule has 0 saturated heterocycles.